The molecule has 1 heterocycles. The van der Waals surface area contributed by atoms with Crippen LogP contribution in [0.4, 0.5) is 18.4 Å². The lowest BCUT2D eigenvalue weighted by molar-refractivity contribution is -0.144. The topological polar surface area (TPSA) is 262 Å². The Morgan fingerprint density at radius 3 is 1.96 bits per heavy atom. The smallest absolute Gasteiger partial charge is 0.407 e. The molecule has 1 aromatic heterocycles. The lowest BCUT2D eigenvalue weighted by Crippen LogP contribution is -2.51. The maximum Gasteiger partial charge on any atom is 0.407 e. The van der Waals surface area contributed by atoms with E-state index in [0.717, 1.165) is 42.6 Å². The predicted molar refractivity (Wildman–Crippen MR) is 302 cm³/mol. The van der Waals surface area contributed by atoms with E-state index in [-0.39, 0.29) is 63.7 Å². The number of hydrogen-bond acceptors (Lipinski definition) is 14. The number of aromatic nitrogens is 1. The fourth-order valence-electron chi connectivity index (χ4n) is 7.88. The van der Waals surface area contributed by atoms with Crippen molar-refractivity contribution in [3.63, 3.8) is 0 Å². The second kappa shape index (κ2) is 32.1. The summed E-state index contributed by atoms with van der Waals surface area (Å²) in [4.78, 5) is 107. The third-order valence-electron chi connectivity index (χ3n) is 12.0. The van der Waals surface area contributed by atoms with Crippen LogP contribution in [0.5, 0.6) is 0 Å². The van der Waals surface area contributed by atoms with Crippen molar-refractivity contribution in [2.75, 3.05) is 65.5 Å². The van der Waals surface area contributed by atoms with E-state index in [1.165, 1.54) is 4.90 Å². The van der Waals surface area contributed by atoms with Gasteiger partial charge in [0.25, 0.3) is 0 Å². The molecule has 0 bridgehead atoms. The van der Waals surface area contributed by atoms with E-state index in [4.69, 9.17) is 18.9 Å². The number of carbonyl (C=O) groups is 8. The zero-order valence-corrected chi connectivity index (χ0v) is 50.2. The minimum atomic E-state index is -1.64. The Hall–Kier alpha value is -6.32. The van der Waals surface area contributed by atoms with Crippen LogP contribution in [0.15, 0.2) is 60.8 Å². The van der Waals surface area contributed by atoms with Crippen LogP contribution in [0, 0.1) is 17.0 Å². The molecule has 3 rings (SSSR count). The van der Waals surface area contributed by atoms with Gasteiger partial charge in [0.15, 0.2) is 0 Å². The number of benzene rings is 2. The monoisotopic (exact) mass is 1160 g/mol. The molecule has 0 aliphatic rings. The molecule has 20 nitrogen and oxygen atoms in total. The highest BCUT2D eigenvalue weighted by Crippen LogP contribution is 2.41. The van der Waals surface area contributed by atoms with Gasteiger partial charge in [-0.3, -0.25) is 24.0 Å². The van der Waals surface area contributed by atoms with Crippen LogP contribution in [-0.4, -0.2) is 161 Å². The lowest BCUT2D eigenvalue weighted by atomic mass is 9.82. The Labute approximate surface area is 468 Å². The summed E-state index contributed by atoms with van der Waals surface area (Å²) in [7, 11) is -2.04. The molecule has 2 aromatic carbocycles. The van der Waals surface area contributed by atoms with Gasteiger partial charge in [0.05, 0.1) is 51.2 Å². The van der Waals surface area contributed by atoms with Gasteiger partial charge in [0, 0.05) is 71.1 Å². The number of rotatable bonds is 31. The number of thioether (sulfide) groups is 1. The fourth-order valence-corrected chi connectivity index (χ4v) is 10.4. The van der Waals surface area contributed by atoms with Crippen LogP contribution in [-0.2, 0) is 54.3 Å². The average molecular weight is 1160 g/mol. The minimum absolute atomic E-state index is 0.00465. The van der Waals surface area contributed by atoms with Gasteiger partial charge in [-0.15, -0.1) is 11.8 Å². The molecule has 0 aliphatic heterocycles. The molecule has 6 amide bonds. The number of carbonyl (C=O) groups excluding carboxylic acids is 8. The standard InChI is InChI=1S/C54H81F2N7O13SSi2/c1-12-74-47(67)30-44(77-35-42(51(70)73-5)61-53(72)76-25-27-79(9,10)11)50(69)59-31-45(65)57-21-22-58-49(68)41(60-52(71)75-24-26-78(6,7)8)20-23-63(46(66)34-64)48(54(2,3)4)43-28-37(39-29-38(55)18-19-40(39)56)33-62(43)32-36-16-14-13-15-17-36/h13-19,28-29,33,41-42,44,48,64H,12,20-27,30-32,34-35H2,1-11H3,(H,57,65)(H,58,68)(H,59,69)(H,60,71)(H,61,72)/t41-,42-,44?,48-/m0/s1. The normalized spacial score (nSPS) is 13.1. The Morgan fingerprint density at radius 2 is 1.39 bits per heavy atom. The number of nitrogens with zero attached hydrogens (tertiary/aromatic N) is 2. The molecule has 0 fully saturated rings. The van der Waals surface area contributed by atoms with Crippen molar-refractivity contribution in [1.29, 1.82) is 0 Å². The zero-order valence-electron chi connectivity index (χ0n) is 47.4. The van der Waals surface area contributed by atoms with E-state index in [1.54, 1.807) is 19.2 Å². The van der Waals surface area contributed by atoms with Crippen LogP contribution in [0.2, 0.25) is 51.4 Å². The summed E-state index contributed by atoms with van der Waals surface area (Å²) < 4.78 is 52.3. The van der Waals surface area contributed by atoms with Crippen LogP contribution < -0.4 is 26.6 Å². The number of halogens is 2. The highest BCUT2D eigenvalue weighted by atomic mass is 32.2. The number of esters is 2. The fraction of sp³-hybridized carbons (Fsp3) is 0.556. The molecule has 438 valence electrons. The number of amides is 6. The quantitative estimate of drug-likeness (QED) is 0.0181. The number of alkyl carbamates (subject to hydrolysis) is 2. The minimum Gasteiger partial charge on any atom is -0.467 e. The van der Waals surface area contributed by atoms with E-state index in [9.17, 15) is 47.9 Å². The number of aliphatic hydroxyl groups is 1. The summed E-state index contributed by atoms with van der Waals surface area (Å²) in [5.41, 5.74) is 0.929. The van der Waals surface area contributed by atoms with Gasteiger partial charge >= 0.3 is 24.1 Å². The summed E-state index contributed by atoms with van der Waals surface area (Å²) >= 11 is 0.853. The number of ether oxygens (including phenoxy) is 4. The Morgan fingerprint density at radius 1 is 0.785 bits per heavy atom. The van der Waals surface area contributed by atoms with Crippen LogP contribution in [0.25, 0.3) is 11.1 Å². The van der Waals surface area contributed by atoms with Crippen LogP contribution in [0.1, 0.15) is 57.8 Å². The van der Waals surface area contributed by atoms with Gasteiger partial charge in [-0.25, -0.2) is 23.2 Å². The summed E-state index contributed by atoms with van der Waals surface area (Å²) in [6.07, 6.45) is -0.703. The van der Waals surface area contributed by atoms with E-state index in [1.807, 2.05) is 55.7 Å². The van der Waals surface area contributed by atoms with Gasteiger partial charge < -0.3 is 60.1 Å². The number of hydrogen-bond donors (Lipinski definition) is 6. The molecule has 6 N–H and O–H groups in total. The molecule has 4 atom stereocenters. The molecule has 0 saturated carbocycles. The van der Waals surface area contributed by atoms with Gasteiger partial charge in [0.1, 0.15) is 30.3 Å². The largest absolute Gasteiger partial charge is 0.467 e. The molecule has 0 spiro atoms. The second-order valence-corrected chi connectivity index (χ2v) is 34.7. The maximum atomic E-state index is 15.3. The molecular weight excluding hydrogens is 1080 g/mol. The van der Waals surface area contributed by atoms with E-state index < -0.39 is 124 Å². The summed E-state index contributed by atoms with van der Waals surface area (Å²) in [5, 5.41) is 22.0. The molecule has 0 aliphatic carbocycles. The SMILES string of the molecule is CCOC(=O)CC(SC[C@H](NC(=O)OCC[Si](C)(C)C)C(=O)OC)C(=O)NCC(=O)NCCNC(=O)[C@H](CCN(C(=O)CO)[C@@H](c1cc(-c2cc(F)ccc2F)cn1Cc1ccccc1)C(C)(C)C)NC(=O)OCC[Si](C)(C)C. The number of methoxy groups -OCH3 is 1. The first-order valence-electron chi connectivity index (χ1n) is 26.2. The predicted octanol–water partition coefficient (Wildman–Crippen LogP) is 6.22. The van der Waals surface area contributed by atoms with Crippen LogP contribution >= 0.6 is 11.8 Å². The van der Waals surface area contributed by atoms with Gasteiger partial charge in [-0.05, 0) is 60.7 Å². The van der Waals surface area contributed by atoms with Crippen molar-refractivity contribution in [2.45, 2.75) is 122 Å². The molecule has 79 heavy (non-hydrogen) atoms. The number of nitrogens with one attached hydrogen (secondary N) is 5. The average Bonchev–Trinajstić information content (AvgIpc) is 3.79. The van der Waals surface area contributed by atoms with E-state index in [0.29, 0.717) is 23.3 Å². The van der Waals surface area contributed by atoms with Crippen molar-refractivity contribution in [3.05, 3.63) is 83.7 Å². The van der Waals surface area contributed by atoms with Crippen molar-refractivity contribution in [1.82, 2.24) is 36.1 Å². The third-order valence-corrected chi connectivity index (χ3v) is 16.7. The Kier molecular flexibility index (Phi) is 27.2. The van der Waals surface area contributed by atoms with Crippen molar-refractivity contribution < 1.29 is 71.2 Å². The van der Waals surface area contributed by atoms with Gasteiger partial charge in [0.2, 0.25) is 23.6 Å². The van der Waals surface area contributed by atoms with Gasteiger partial charge in [-0.1, -0.05) is 90.4 Å². The molecule has 3 aromatic rings. The first-order valence-corrected chi connectivity index (χ1v) is 34.7. The Bertz CT molecular complexity index is 2520. The van der Waals surface area contributed by atoms with Crippen molar-refractivity contribution in [2.24, 2.45) is 5.41 Å². The molecule has 0 radical (unpaired) electrons. The highest BCUT2D eigenvalue weighted by Gasteiger charge is 2.38. The van der Waals surface area contributed by atoms with Gasteiger partial charge in [-0.2, -0.15) is 0 Å². The summed E-state index contributed by atoms with van der Waals surface area (Å²) in [5.74, 6) is -5.90. The molecular formula is C54H81F2N7O13SSi2. The van der Waals surface area contributed by atoms with Crippen molar-refractivity contribution in [3.8, 4) is 11.1 Å². The lowest BCUT2D eigenvalue weighted by Gasteiger charge is -2.41. The summed E-state index contributed by atoms with van der Waals surface area (Å²) in [6, 6.07) is 12.1. The van der Waals surface area contributed by atoms with Crippen molar-refractivity contribution >= 4 is 75.7 Å². The first-order chi connectivity index (χ1) is 37.0. The molecule has 1 unspecified atom stereocenters. The molecule has 25 heteroatoms. The van der Waals surface area contributed by atoms with Crippen LogP contribution in [0.3, 0.4) is 0 Å². The zero-order chi connectivity index (χ0) is 59.1. The second-order valence-electron chi connectivity index (χ2n) is 22.2. The van der Waals surface area contributed by atoms with E-state index in [2.05, 4.69) is 65.9 Å². The first kappa shape index (κ1) is 67.0. The Balaban J connectivity index is 1.80. The maximum absolute atomic E-state index is 15.3. The highest BCUT2D eigenvalue weighted by molar-refractivity contribution is 8.00. The summed E-state index contributed by atoms with van der Waals surface area (Å²) in [6.45, 7) is 18.4. The number of aliphatic hydroxyl groups excluding tert-OH is 1. The third kappa shape index (κ3) is 24.3. The van der Waals surface area contributed by atoms with E-state index >= 15 is 4.39 Å². The molecule has 0 saturated heterocycles.